The van der Waals surface area contributed by atoms with E-state index in [0.29, 0.717) is 29.0 Å². The number of rotatable bonds is 4. The first-order valence-corrected chi connectivity index (χ1v) is 9.78. The minimum Gasteiger partial charge on any atom is -0.488 e. The van der Waals surface area contributed by atoms with Crippen molar-refractivity contribution in [2.24, 2.45) is 0 Å². The Morgan fingerprint density at radius 1 is 0.833 bits per heavy atom. The van der Waals surface area contributed by atoms with Gasteiger partial charge in [-0.15, -0.1) is 0 Å². The van der Waals surface area contributed by atoms with E-state index < -0.39 is 24.0 Å². The highest BCUT2D eigenvalue weighted by atomic mass is 16.5. The predicted molar refractivity (Wildman–Crippen MR) is 112 cm³/mol. The molecule has 1 heterocycles. The molecule has 2 aliphatic rings. The van der Waals surface area contributed by atoms with E-state index in [4.69, 9.17) is 4.74 Å². The molecule has 0 saturated heterocycles. The highest BCUT2D eigenvalue weighted by molar-refractivity contribution is 6.21. The molecule has 2 atom stereocenters. The van der Waals surface area contributed by atoms with Crippen molar-refractivity contribution < 1.29 is 19.4 Å². The van der Waals surface area contributed by atoms with E-state index in [-0.39, 0.29) is 0 Å². The number of nitrogens with zero attached hydrogens (tertiary/aromatic N) is 1. The average Bonchev–Trinajstić information content (AvgIpc) is 3.04. The number of ether oxygens (including phenoxy) is 1. The lowest BCUT2D eigenvalue weighted by Gasteiger charge is -2.32. The number of benzene rings is 3. The van der Waals surface area contributed by atoms with E-state index >= 15 is 0 Å². The molecule has 0 saturated carbocycles. The van der Waals surface area contributed by atoms with E-state index in [1.165, 1.54) is 0 Å². The number of fused-ring (bicyclic) bond motifs is 2. The fourth-order valence-electron chi connectivity index (χ4n) is 4.07. The molecule has 3 aromatic rings. The monoisotopic (exact) mass is 397 g/mol. The van der Waals surface area contributed by atoms with Gasteiger partial charge in [-0.2, -0.15) is 0 Å². The molecule has 0 bridgehead atoms. The second-order valence-corrected chi connectivity index (χ2v) is 7.35. The van der Waals surface area contributed by atoms with Crippen LogP contribution < -0.4 is 4.74 Å². The van der Waals surface area contributed by atoms with Crippen molar-refractivity contribution >= 4 is 17.9 Å². The first-order chi connectivity index (χ1) is 14.6. The van der Waals surface area contributed by atoms with Crippen molar-refractivity contribution in [1.82, 2.24) is 4.90 Å². The molecule has 5 heteroatoms. The number of imide groups is 1. The van der Waals surface area contributed by atoms with Crippen LogP contribution in [0.2, 0.25) is 0 Å². The molecule has 2 unspecified atom stereocenters. The average molecular weight is 397 g/mol. The number of hydrogen-bond donors (Lipinski definition) is 1. The Morgan fingerprint density at radius 2 is 1.50 bits per heavy atom. The van der Waals surface area contributed by atoms with Crippen molar-refractivity contribution in [3.63, 3.8) is 0 Å². The lowest BCUT2D eigenvalue weighted by Crippen LogP contribution is -2.43. The minimum absolute atomic E-state index is 0.353. The molecule has 1 N–H and O–H groups in total. The maximum Gasteiger partial charge on any atom is 0.262 e. The van der Waals surface area contributed by atoms with Gasteiger partial charge in [0.1, 0.15) is 18.5 Å². The van der Waals surface area contributed by atoms with Crippen molar-refractivity contribution in [3.05, 3.63) is 107 Å². The lowest BCUT2D eigenvalue weighted by molar-refractivity contribution is 0.0419. The zero-order chi connectivity index (χ0) is 20.7. The van der Waals surface area contributed by atoms with Crippen LogP contribution in [-0.4, -0.2) is 27.9 Å². The molecule has 1 aliphatic carbocycles. The third-order valence-electron chi connectivity index (χ3n) is 5.55. The molecular weight excluding hydrogens is 378 g/mol. The number of amides is 2. The Balaban J connectivity index is 1.46. The van der Waals surface area contributed by atoms with Gasteiger partial charge in [-0.1, -0.05) is 66.7 Å². The standard InChI is InChI=1S/C25H19NO4/c27-23-20(26-24(28)18-10-4-5-11-19(18)25(26)29)14-13-17-9-6-12-21(22(17)23)30-15-16-7-2-1-3-8-16/h1-14,20,23,27H,15H2. The Bertz CT molecular complexity index is 1130. The van der Waals surface area contributed by atoms with Crippen molar-refractivity contribution in [2.75, 3.05) is 0 Å². The fraction of sp³-hybridized carbons (Fsp3) is 0.120. The summed E-state index contributed by atoms with van der Waals surface area (Å²) in [6.45, 7) is 0.353. The zero-order valence-electron chi connectivity index (χ0n) is 16.1. The molecule has 0 radical (unpaired) electrons. The van der Waals surface area contributed by atoms with Crippen LogP contribution in [0.3, 0.4) is 0 Å². The van der Waals surface area contributed by atoms with Gasteiger partial charge in [0.15, 0.2) is 0 Å². The second kappa shape index (κ2) is 7.28. The maximum absolute atomic E-state index is 12.9. The third-order valence-corrected chi connectivity index (χ3v) is 5.55. The van der Waals surface area contributed by atoms with E-state index in [1.54, 1.807) is 36.4 Å². The molecular formula is C25H19NO4. The summed E-state index contributed by atoms with van der Waals surface area (Å²) in [5, 5.41) is 11.2. The summed E-state index contributed by atoms with van der Waals surface area (Å²) < 4.78 is 6.01. The highest BCUT2D eigenvalue weighted by Gasteiger charge is 2.43. The molecule has 0 fully saturated rings. The van der Waals surface area contributed by atoms with Gasteiger partial charge in [0.05, 0.1) is 17.2 Å². The first kappa shape index (κ1) is 18.3. The quantitative estimate of drug-likeness (QED) is 0.676. The normalized spacial score (nSPS) is 19.6. The number of aliphatic hydroxyl groups is 1. The van der Waals surface area contributed by atoms with Gasteiger partial charge in [0.25, 0.3) is 11.8 Å². The van der Waals surface area contributed by atoms with Crippen LogP contribution in [0, 0.1) is 0 Å². The minimum atomic E-state index is -1.08. The smallest absolute Gasteiger partial charge is 0.262 e. The van der Waals surface area contributed by atoms with E-state index in [2.05, 4.69) is 0 Å². The molecule has 5 nitrogen and oxygen atoms in total. The summed E-state index contributed by atoms with van der Waals surface area (Å²) in [7, 11) is 0. The SMILES string of the molecule is O=C1c2ccccc2C(=O)N1C1C=Cc2cccc(OCc3ccccc3)c2C1O. The Morgan fingerprint density at radius 3 is 2.20 bits per heavy atom. The van der Waals surface area contributed by atoms with Crippen LogP contribution in [0.25, 0.3) is 6.08 Å². The van der Waals surface area contributed by atoms with Crippen molar-refractivity contribution in [2.45, 2.75) is 18.8 Å². The second-order valence-electron chi connectivity index (χ2n) is 7.35. The van der Waals surface area contributed by atoms with Crippen LogP contribution in [0.15, 0.2) is 78.9 Å². The molecule has 0 aromatic heterocycles. The van der Waals surface area contributed by atoms with Crippen molar-refractivity contribution in [1.29, 1.82) is 0 Å². The largest absolute Gasteiger partial charge is 0.488 e. The van der Waals surface area contributed by atoms with Crippen LogP contribution in [0.4, 0.5) is 0 Å². The van der Waals surface area contributed by atoms with Crippen LogP contribution in [0.1, 0.15) is 43.5 Å². The lowest BCUT2D eigenvalue weighted by atomic mass is 9.89. The van der Waals surface area contributed by atoms with Gasteiger partial charge >= 0.3 is 0 Å². The maximum atomic E-state index is 12.9. The van der Waals surface area contributed by atoms with Crippen molar-refractivity contribution in [3.8, 4) is 5.75 Å². The molecule has 2 amide bonds. The third kappa shape index (κ3) is 2.91. The van der Waals surface area contributed by atoms with Crippen LogP contribution in [-0.2, 0) is 6.61 Å². The molecule has 1 aliphatic heterocycles. The summed E-state index contributed by atoms with van der Waals surface area (Å²) >= 11 is 0. The Labute approximate surface area is 173 Å². The zero-order valence-corrected chi connectivity index (χ0v) is 16.1. The van der Waals surface area contributed by atoms with Gasteiger partial charge in [-0.25, -0.2) is 0 Å². The molecule has 30 heavy (non-hydrogen) atoms. The summed E-state index contributed by atoms with van der Waals surface area (Å²) in [6, 6.07) is 21.2. The molecule has 0 spiro atoms. The van der Waals surface area contributed by atoms with Gasteiger partial charge in [-0.3, -0.25) is 14.5 Å². The molecule has 148 valence electrons. The van der Waals surface area contributed by atoms with Gasteiger partial charge < -0.3 is 9.84 Å². The highest BCUT2D eigenvalue weighted by Crippen LogP contribution is 2.39. The topological polar surface area (TPSA) is 66.8 Å². The Kier molecular flexibility index (Phi) is 4.45. The summed E-state index contributed by atoms with van der Waals surface area (Å²) in [6.07, 6.45) is 2.44. The molecule has 5 rings (SSSR count). The number of carbonyl (C=O) groups excluding carboxylic acids is 2. The van der Waals surface area contributed by atoms with Gasteiger partial charge in [-0.05, 0) is 29.3 Å². The summed E-state index contributed by atoms with van der Waals surface area (Å²) in [4.78, 5) is 26.9. The first-order valence-electron chi connectivity index (χ1n) is 9.78. The number of aliphatic hydroxyl groups excluding tert-OH is 1. The summed E-state index contributed by atoms with van der Waals surface area (Å²) in [5.74, 6) is -0.249. The predicted octanol–water partition coefficient (Wildman–Crippen LogP) is 3.99. The number of carbonyl (C=O) groups is 2. The van der Waals surface area contributed by atoms with Crippen LogP contribution >= 0.6 is 0 Å². The fourth-order valence-corrected chi connectivity index (χ4v) is 4.07. The van der Waals surface area contributed by atoms with E-state index in [9.17, 15) is 14.7 Å². The Hall–Kier alpha value is -3.70. The van der Waals surface area contributed by atoms with Gasteiger partial charge in [0.2, 0.25) is 0 Å². The van der Waals surface area contributed by atoms with Gasteiger partial charge in [0, 0.05) is 5.56 Å². The van der Waals surface area contributed by atoms with Crippen LogP contribution in [0.5, 0.6) is 5.75 Å². The number of hydrogen-bond acceptors (Lipinski definition) is 4. The van der Waals surface area contributed by atoms with E-state index in [0.717, 1.165) is 16.0 Å². The molecule has 3 aromatic carbocycles. The van der Waals surface area contributed by atoms with E-state index in [1.807, 2.05) is 48.5 Å². The summed E-state index contributed by atoms with van der Waals surface area (Å²) in [5.41, 5.74) is 3.12.